The summed E-state index contributed by atoms with van der Waals surface area (Å²) in [6.07, 6.45) is 10.9. The third kappa shape index (κ3) is 7.30. The van der Waals surface area contributed by atoms with Crippen molar-refractivity contribution < 1.29 is 13.9 Å². The highest BCUT2D eigenvalue weighted by Gasteiger charge is 2.12. The Morgan fingerprint density at radius 3 is 2.41 bits per heavy atom. The van der Waals surface area contributed by atoms with Crippen LogP contribution in [0.3, 0.4) is 0 Å². The molecule has 4 heteroatoms. The minimum absolute atomic E-state index is 0.208. The molecule has 168 valence electrons. The fourth-order valence-corrected chi connectivity index (χ4v) is 3.71. The van der Waals surface area contributed by atoms with Gasteiger partial charge in [0.1, 0.15) is 5.82 Å². The van der Waals surface area contributed by atoms with E-state index in [9.17, 15) is 9.18 Å². The van der Waals surface area contributed by atoms with Crippen LogP contribution in [0.15, 0.2) is 66.9 Å². The van der Waals surface area contributed by atoms with Crippen LogP contribution in [0.1, 0.15) is 67.1 Å². The SMILES string of the molecule is CCCCCCCCc1ccc(-c2ccc(C(=O)OCCc3ccccn3)cc2F)cc1. The van der Waals surface area contributed by atoms with E-state index in [4.69, 9.17) is 4.74 Å². The van der Waals surface area contributed by atoms with E-state index in [0.717, 1.165) is 17.7 Å². The molecule has 1 heterocycles. The van der Waals surface area contributed by atoms with Crippen LogP contribution < -0.4 is 0 Å². The molecule has 0 aliphatic rings. The highest BCUT2D eigenvalue weighted by molar-refractivity contribution is 5.90. The molecule has 0 saturated heterocycles. The Bertz CT molecular complexity index is 970. The number of benzene rings is 2. The van der Waals surface area contributed by atoms with Crippen LogP contribution in [0.25, 0.3) is 11.1 Å². The van der Waals surface area contributed by atoms with E-state index >= 15 is 0 Å². The maximum absolute atomic E-state index is 14.7. The number of carbonyl (C=O) groups is 1. The molecule has 0 unspecified atom stereocenters. The lowest BCUT2D eigenvalue weighted by Crippen LogP contribution is -2.09. The average Bonchev–Trinajstić information content (AvgIpc) is 2.82. The smallest absolute Gasteiger partial charge is 0.338 e. The van der Waals surface area contributed by atoms with Gasteiger partial charge in [-0.15, -0.1) is 0 Å². The highest BCUT2D eigenvalue weighted by atomic mass is 19.1. The number of rotatable bonds is 12. The number of halogens is 1. The Balaban J connectivity index is 1.51. The van der Waals surface area contributed by atoms with Crippen molar-refractivity contribution in [3.63, 3.8) is 0 Å². The molecule has 0 fully saturated rings. The summed E-state index contributed by atoms with van der Waals surface area (Å²) in [5.41, 5.74) is 3.64. The molecule has 3 aromatic rings. The van der Waals surface area contributed by atoms with Gasteiger partial charge in [-0.2, -0.15) is 0 Å². The number of hydrogen-bond acceptors (Lipinski definition) is 3. The molecule has 0 aliphatic heterocycles. The standard InChI is InChI=1S/C28H32FNO2/c1-2-3-4-5-6-7-10-22-12-14-23(15-13-22)26-17-16-24(21-27(26)29)28(31)32-20-18-25-11-8-9-19-30-25/h8-9,11-17,19,21H,2-7,10,18,20H2,1H3. The van der Waals surface area contributed by atoms with Crippen LogP contribution in [-0.2, 0) is 17.6 Å². The summed E-state index contributed by atoms with van der Waals surface area (Å²) in [5.74, 6) is -0.950. The molecule has 3 rings (SSSR count). The number of aryl methyl sites for hydroxylation is 1. The Hall–Kier alpha value is -3.01. The predicted octanol–water partition coefficient (Wildman–Crippen LogP) is 7.19. The van der Waals surface area contributed by atoms with Crippen LogP contribution >= 0.6 is 0 Å². The zero-order chi connectivity index (χ0) is 22.6. The van der Waals surface area contributed by atoms with E-state index < -0.39 is 11.8 Å². The van der Waals surface area contributed by atoms with Crippen molar-refractivity contribution in [2.75, 3.05) is 6.61 Å². The predicted molar refractivity (Wildman–Crippen MR) is 127 cm³/mol. The normalized spacial score (nSPS) is 10.8. The fourth-order valence-electron chi connectivity index (χ4n) is 3.71. The van der Waals surface area contributed by atoms with Crippen molar-refractivity contribution >= 4 is 5.97 Å². The molecule has 0 bridgehead atoms. The van der Waals surface area contributed by atoms with Crippen molar-refractivity contribution in [1.82, 2.24) is 4.98 Å². The first-order chi connectivity index (χ1) is 15.7. The quantitative estimate of drug-likeness (QED) is 0.224. The maximum Gasteiger partial charge on any atom is 0.338 e. The van der Waals surface area contributed by atoms with E-state index in [0.29, 0.717) is 12.0 Å². The number of aromatic nitrogens is 1. The largest absolute Gasteiger partial charge is 0.462 e. The lowest BCUT2D eigenvalue weighted by atomic mass is 9.99. The van der Waals surface area contributed by atoms with Crippen LogP contribution in [-0.4, -0.2) is 17.6 Å². The van der Waals surface area contributed by atoms with E-state index in [1.807, 2.05) is 30.3 Å². The zero-order valence-corrected chi connectivity index (χ0v) is 18.9. The van der Waals surface area contributed by atoms with Gasteiger partial charge >= 0.3 is 5.97 Å². The van der Waals surface area contributed by atoms with Gasteiger partial charge in [0, 0.05) is 23.9 Å². The van der Waals surface area contributed by atoms with E-state index in [-0.39, 0.29) is 12.2 Å². The Kier molecular flexibility index (Phi) is 9.42. The minimum Gasteiger partial charge on any atom is -0.462 e. The summed E-state index contributed by atoms with van der Waals surface area (Å²) in [6.45, 7) is 2.44. The molecule has 1 aromatic heterocycles. The number of ether oxygens (including phenoxy) is 1. The molecule has 0 atom stereocenters. The van der Waals surface area contributed by atoms with Crippen LogP contribution in [0.2, 0.25) is 0 Å². The Labute approximate surface area is 190 Å². The lowest BCUT2D eigenvalue weighted by molar-refractivity contribution is 0.0508. The third-order valence-electron chi connectivity index (χ3n) is 5.61. The second kappa shape index (κ2) is 12.7. The molecule has 0 saturated carbocycles. The average molecular weight is 434 g/mol. The first kappa shape index (κ1) is 23.6. The Morgan fingerprint density at radius 1 is 0.906 bits per heavy atom. The minimum atomic E-state index is -0.527. The van der Waals surface area contributed by atoms with Crippen molar-refractivity contribution in [3.8, 4) is 11.1 Å². The third-order valence-corrected chi connectivity index (χ3v) is 5.61. The van der Waals surface area contributed by atoms with Crippen molar-refractivity contribution in [1.29, 1.82) is 0 Å². The second-order valence-electron chi connectivity index (χ2n) is 8.12. The van der Waals surface area contributed by atoms with Crippen LogP contribution in [0, 0.1) is 5.82 Å². The number of carbonyl (C=O) groups excluding carboxylic acids is 1. The van der Waals surface area contributed by atoms with Crippen LogP contribution in [0.4, 0.5) is 4.39 Å². The summed E-state index contributed by atoms with van der Waals surface area (Å²) < 4.78 is 20.0. The molecular weight excluding hydrogens is 401 g/mol. The summed E-state index contributed by atoms with van der Waals surface area (Å²) >= 11 is 0. The summed E-state index contributed by atoms with van der Waals surface area (Å²) in [6, 6.07) is 18.2. The van der Waals surface area contributed by atoms with Crippen molar-refractivity contribution in [2.45, 2.75) is 58.3 Å². The fraction of sp³-hybridized carbons (Fsp3) is 0.357. The first-order valence-corrected chi connectivity index (χ1v) is 11.6. The van der Waals surface area contributed by atoms with Gasteiger partial charge in [0.05, 0.1) is 12.2 Å². The second-order valence-corrected chi connectivity index (χ2v) is 8.12. The number of hydrogen-bond donors (Lipinski definition) is 0. The summed E-state index contributed by atoms with van der Waals surface area (Å²) in [7, 11) is 0. The van der Waals surface area contributed by atoms with E-state index in [1.54, 1.807) is 18.3 Å². The van der Waals surface area contributed by atoms with Gasteiger partial charge in [0.15, 0.2) is 0 Å². The van der Waals surface area contributed by atoms with Gasteiger partial charge in [-0.1, -0.05) is 75.4 Å². The lowest BCUT2D eigenvalue weighted by Gasteiger charge is -2.09. The van der Waals surface area contributed by atoms with Gasteiger partial charge in [-0.05, 0) is 48.2 Å². The van der Waals surface area contributed by atoms with Gasteiger partial charge in [0.25, 0.3) is 0 Å². The van der Waals surface area contributed by atoms with Gasteiger partial charge in [-0.25, -0.2) is 9.18 Å². The van der Waals surface area contributed by atoms with Gasteiger partial charge in [0.2, 0.25) is 0 Å². The summed E-state index contributed by atoms with van der Waals surface area (Å²) in [5, 5.41) is 0. The molecule has 32 heavy (non-hydrogen) atoms. The monoisotopic (exact) mass is 433 g/mol. The number of esters is 1. The molecule has 3 nitrogen and oxygen atoms in total. The maximum atomic E-state index is 14.7. The summed E-state index contributed by atoms with van der Waals surface area (Å²) in [4.78, 5) is 16.4. The molecule has 0 N–H and O–H groups in total. The van der Waals surface area contributed by atoms with Gasteiger partial charge < -0.3 is 4.74 Å². The number of nitrogens with zero attached hydrogens (tertiary/aromatic N) is 1. The topological polar surface area (TPSA) is 39.2 Å². The van der Waals surface area contributed by atoms with E-state index in [1.165, 1.54) is 50.2 Å². The molecule has 2 aromatic carbocycles. The highest BCUT2D eigenvalue weighted by Crippen LogP contribution is 2.25. The van der Waals surface area contributed by atoms with Crippen molar-refractivity contribution in [3.05, 3.63) is 89.5 Å². The number of pyridine rings is 1. The molecule has 0 amide bonds. The molecule has 0 aliphatic carbocycles. The first-order valence-electron chi connectivity index (χ1n) is 11.6. The van der Waals surface area contributed by atoms with Crippen LogP contribution in [0.5, 0.6) is 0 Å². The Morgan fingerprint density at radius 2 is 1.69 bits per heavy atom. The number of unbranched alkanes of at least 4 members (excludes halogenated alkanes) is 5. The van der Waals surface area contributed by atoms with E-state index in [2.05, 4.69) is 24.0 Å². The zero-order valence-electron chi connectivity index (χ0n) is 18.9. The molecule has 0 radical (unpaired) electrons. The van der Waals surface area contributed by atoms with Crippen molar-refractivity contribution in [2.24, 2.45) is 0 Å². The molecular formula is C28H32FNO2. The molecule has 0 spiro atoms. The van der Waals surface area contributed by atoms with Gasteiger partial charge in [-0.3, -0.25) is 4.98 Å².